The molecule has 0 heterocycles. The number of rotatable bonds is 8. The van der Waals surface area contributed by atoms with Crippen molar-refractivity contribution in [3.05, 3.63) is 29.8 Å². The van der Waals surface area contributed by atoms with Crippen molar-refractivity contribution in [2.24, 2.45) is 5.92 Å². The topological polar surface area (TPSA) is 92.8 Å². The lowest BCUT2D eigenvalue weighted by Crippen LogP contribution is -2.42. The van der Waals surface area contributed by atoms with Crippen molar-refractivity contribution >= 4 is 21.9 Å². The number of hydrogen-bond donors (Lipinski definition) is 1. The van der Waals surface area contributed by atoms with Crippen LogP contribution in [0.4, 0.5) is 0 Å². The van der Waals surface area contributed by atoms with Gasteiger partial charge in [-0.05, 0) is 43.4 Å². The molecule has 0 saturated heterocycles. The molecule has 1 aromatic carbocycles. The first-order valence-corrected chi connectivity index (χ1v) is 11.6. The second-order valence-corrected chi connectivity index (χ2v) is 10.0. The van der Waals surface area contributed by atoms with Crippen LogP contribution in [-0.4, -0.2) is 50.8 Å². The summed E-state index contributed by atoms with van der Waals surface area (Å²) in [6, 6.07) is 5.16. The fourth-order valence-corrected chi connectivity index (χ4v) is 5.14. The van der Waals surface area contributed by atoms with E-state index < -0.39 is 27.9 Å². The van der Waals surface area contributed by atoms with Gasteiger partial charge in [-0.15, -0.1) is 0 Å². The van der Waals surface area contributed by atoms with E-state index in [0.29, 0.717) is 6.42 Å². The van der Waals surface area contributed by atoms with Crippen molar-refractivity contribution in [2.75, 3.05) is 14.2 Å². The number of ether oxygens (including phenoxy) is 1. The van der Waals surface area contributed by atoms with Crippen molar-refractivity contribution < 1.29 is 22.7 Å². The molecule has 0 radical (unpaired) electrons. The van der Waals surface area contributed by atoms with E-state index in [-0.39, 0.29) is 22.4 Å². The summed E-state index contributed by atoms with van der Waals surface area (Å²) in [5, 5.41) is 2.66. The van der Waals surface area contributed by atoms with Crippen LogP contribution in [0, 0.1) is 5.92 Å². The van der Waals surface area contributed by atoms with Crippen LogP contribution in [0.25, 0.3) is 0 Å². The quantitative estimate of drug-likeness (QED) is 0.648. The molecule has 1 unspecified atom stereocenters. The van der Waals surface area contributed by atoms with Crippen molar-refractivity contribution in [2.45, 2.75) is 69.4 Å². The Kier molecular flexibility index (Phi) is 8.22. The van der Waals surface area contributed by atoms with Gasteiger partial charge in [0.2, 0.25) is 10.0 Å². The van der Waals surface area contributed by atoms with E-state index in [1.54, 1.807) is 19.2 Å². The number of hydrogen-bond acceptors (Lipinski definition) is 5. The fourth-order valence-electron chi connectivity index (χ4n) is 3.67. The summed E-state index contributed by atoms with van der Waals surface area (Å²) in [6.07, 6.45) is 5.33. The van der Waals surface area contributed by atoms with Gasteiger partial charge in [0.1, 0.15) is 6.04 Å². The third kappa shape index (κ3) is 6.02. The van der Waals surface area contributed by atoms with Gasteiger partial charge in [-0.2, -0.15) is 4.31 Å². The van der Waals surface area contributed by atoms with E-state index in [1.165, 1.54) is 23.5 Å². The van der Waals surface area contributed by atoms with Crippen molar-refractivity contribution in [1.29, 1.82) is 0 Å². The minimum Gasteiger partial charge on any atom is -0.467 e. The van der Waals surface area contributed by atoms with Gasteiger partial charge >= 0.3 is 5.97 Å². The maximum Gasteiger partial charge on any atom is 0.328 e. The van der Waals surface area contributed by atoms with Gasteiger partial charge < -0.3 is 10.1 Å². The zero-order chi connectivity index (χ0) is 21.6. The van der Waals surface area contributed by atoms with Crippen LogP contribution >= 0.6 is 0 Å². The number of carbonyl (C=O) groups is 2. The summed E-state index contributed by atoms with van der Waals surface area (Å²) in [5.41, 5.74) is 0.195. The van der Waals surface area contributed by atoms with Gasteiger partial charge in [-0.1, -0.05) is 39.2 Å². The van der Waals surface area contributed by atoms with Gasteiger partial charge in [-0.25, -0.2) is 13.2 Å². The van der Waals surface area contributed by atoms with Crippen LogP contribution in [0.2, 0.25) is 0 Å². The molecular weight excluding hydrogens is 392 g/mol. The second kappa shape index (κ2) is 10.2. The molecule has 1 aliphatic carbocycles. The number of benzene rings is 1. The molecule has 162 valence electrons. The van der Waals surface area contributed by atoms with Gasteiger partial charge in [-0.3, -0.25) is 4.79 Å². The Bertz CT molecular complexity index is 816. The van der Waals surface area contributed by atoms with Crippen LogP contribution in [0.15, 0.2) is 29.2 Å². The molecular formula is C21H32N2O5S. The Morgan fingerprint density at radius 1 is 1.21 bits per heavy atom. The number of esters is 1. The van der Waals surface area contributed by atoms with E-state index in [4.69, 9.17) is 4.74 Å². The molecule has 1 amide bonds. The Morgan fingerprint density at radius 2 is 1.86 bits per heavy atom. The van der Waals surface area contributed by atoms with Crippen molar-refractivity contribution in [3.8, 4) is 0 Å². The summed E-state index contributed by atoms with van der Waals surface area (Å²) in [7, 11) is -0.822. The molecule has 0 aliphatic heterocycles. The molecule has 0 bridgehead atoms. The van der Waals surface area contributed by atoms with E-state index in [2.05, 4.69) is 5.32 Å². The third-order valence-electron chi connectivity index (χ3n) is 5.36. The lowest BCUT2D eigenvalue weighted by molar-refractivity contribution is -0.143. The first kappa shape index (κ1) is 23.3. The normalized spacial score (nSPS) is 16.6. The standard InChI is InChI=1S/C21H32N2O5S/c1-15(2)13-19(21(25)28-4)22-20(24)16-9-8-12-18(14-16)29(26,27)23(3)17-10-6-5-7-11-17/h8-9,12,14-15,17,19H,5-7,10-11,13H2,1-4H3,(H,22,24). The Balaban J connectivity index is 2.20. The summed E-state index contributed by atoms with van der Waals surface area (Å²) in [4.78, 5) is 24.7. The Hall–Kier alpha value is -1.93. The van der Waals surface area contributed by atoms with Crippen LogP contribution in [-0.2, 0) is 19.6 Å². The third-order valence-corrected chi connectivity index (χ3v) is 7.27. The van der Waals surface area contributed by atoms with Crippen LogP contribution in [0.5, 0.6) is 0 Å². The Morgan fingerprint density at radius 3 is 2.45 bits per heavy atom. The number of amides is 1. The van der Waals surface area contributed by atoms with E-state index >= 15 is 0 Å². The van der Waals surface area contributed by atoms with E-state index in [1.807, 2.05) is 13.8 Å². The molecule has 2 rings (SSSR count). The highest BCUT2D eigenvalue weighted by atomic mass is 32.2. The average molecular weight is 425 g/mol. The van der Waals surface area contributed by atoms with E-state index in [0.717, 1.165) is 32.1 Å². The van der Waals surface area contributed by atoms with Gasteiger partial charge in [0.15, 0.2) is 0 Å². The van der Waals surface area contributed by atoms with Gasteiger partial charge in [0.25, 0.3) is 5.91 Å². The lowest BCUT2D eigenvalue weighted by Gasteiger charge is -2.30. The van der Waals surface area contributed by atoms with Crippen molar-refractivity contribution in [1.82, 2.24) is 9.62 Å². The maximum atomic E-state index is 13.0. The molecule has 1 aromatic rings. The van der Waals surface area contributed by atoms with Crippen LogP contribution < -0.4 is 5.32 Å². The minimum absolute atomic E-state index is 0.0130. The SMILES string of the molecule is COC(=O)C(CC(C)C)NC(=O)c1cccc(S(=O)(=O)N(C)C2CCCCC2)c1. The average Bonchev–Trinajstić information content (AvgIpc) is 2.72. The first-order chi connectivity index (χ1) is 13.7. The number of nitrogens with one attached hydrogen (secondary N) is 1. The number of methoxy groups -OCH3 is 1. The number of nitrogens with zero attached hydrogens (tertiary/aromatic N) is 1. The molecule has 0 aromatic heterocycles. The smallest absolute Gasteiger partial charge is 0.328 e. The number of sulfonamides is 1. The van der Waals surface area contributed by atoms with Crippen LogP contribution in [0.1, 0.15) is 62.7 Å². The second-order valence-electron chi connectivity index (χ2n) is 8.02. The molecule has 7 nitrogen and oxygen atoms in total. The van der Waals surface area contributed by atoms with E-state index in [9.17, 15) is 18.0 Å². The monoisotopic (exact) mass is 424 g/mol. The largest absolute Gasteiger partial charge is 0.467 e. The summed E-state index contributed by atoms with van der Waals surface area (Å²) < 4.78 is 32.3. The predicted molar refractivity (Wildman–Crippen MR) is 111 cm³/mol. The summed E-state index contributed by atoms with van der Waals surface area (Å²) in [6.45, 7) is 3.88. The zero-order valence-corrected chi connectivity index (χ0v) is 18.5. The van der Waals surface area contributed by atoms with Gasteiger partial charge in [0.05, 0.1) is 12.0 Å². The molecule has 1 saturated carbocycles. The summed E-state index contributed by atoms with van der Waals surface area (Å²) in [5.74, 6) is -0.846. The van der Waals surface area contributed by atoms with Gasteiger partial charge in [0, 0.05) is 18.7 Å². The molecule has 0 spiro atoms. The van der Waals surface area contributed by atoms with Crippen molar-refractivity contribution in [3.63, 3.8) is 0 Å². The predicted octanol–water partition coefficient (Wildman–Crippen LogP) is 2.96. The highest BCUT2D eigenvalue weighted by Crippen LogP contribution is 2.26. The Labute approximate surface area is 173 Å². The highest BCUT2D eigenvalue weighted by molar-refractivity contribution is 7.89. The highest BCUT2D eigenvalue weighted by Gasteiger charge is 2.30. The number of carbonyl (C=O) groups excluding carboxylic acids is 2. The van der Waals surface area contributed by atoms with Crippen LogP contribution in [0.3, 0.4) is 0 Å². The molecule has 29 heavy (non-hydrogen) atoms. The molecule has 8 heteroatoms. The first-order valence-electron chi connectivity index (χ1n) is 10.1. The molecule has 1 atom stereocenters. The molecule has 1 N–H and O–H groups in total. The maximum absolute atomic E-state index is 13.0. The molecule has 1 fully saturated rings. The summed E-state index contributed by atoms with van der Waals surface area (Å²) >= 11 is 0. The zero-order valence-electron chi connectivity index (χ0n) is 17.7. The fraction of sp³-hybridized carbons (Fsp3) is 0.619. The molecule has 1 aliphatic rings. The lowest BCUT2D eigenvalue weighted by atomic mass is 9.96. The minimum atomic E-state index is -3.70.